The lowest BCUT2D eigenvalue weighted by molar-refractivity contribution is -0.143. The van der Waals surface area contributed by atoms with E-state index in [-0.39, 0.29) is 18.1 Å². The van der Waals surface area contributed by atoms with Gasteiger partial charge in [0.15, 0.2) is 0 Å². The van der Waals surface area contributed by atoms with E-state index >= 15 is 0 Å². The second-order valence-corrected chi connectivity index (χ2v) is 8.43. The number of aliphatic carboxylic acids is 2. The molecular formula is C22H32N4O9. The number of carbonyl (C=O) groups is 5. The van der Waals surface area contributed by atoms with Crippen LogP contribution in [0.4, 0.5) is 0 Å². The summed E-state index contributed by atoms with van der Waals surface area (Å²) in [6, 6.07) is -0.160. The molecule has 0 spiro atoms. The monoisotopic (exact) mass is 496 g/mol. The maximum atomic E-state index is 12.7. The fourth-order valence-electron chi connectivity index (χ4n) is 2.94. The highest BCUT2D eigenvalue weighted by Crippen LogP contribution is 2.12. The van der Waals surface area contributed by atoms with Gasteiger partial charge in [-0.05, 0) is 30.5 Å². The number of rotatable bonds is 13. The van der Waals surface area contributed by atoms with Gasteiger partial charge in [0.1, 0.15) is 23.9 Å². The van der Waals surface area contributed by atoms with Crippen LogP contribution in [-0.4, -0.2) is 80.4 Å². The van der Waals surface area contributed by atoms with Crippen molar-refractivity contribution in [1.82, 2.24) is 16.0 Å². The highest BCUT2D eigenvalue weighted by molar-refractivity contribution is 5.95. The summed E-state index contributed by atoms with van der Waals surface area (Å²) in [6.45, 7) is 4.55. The van der Waals surface area contributed by atoms with E-state index in [1.54, 1.807) is 13.8 Å². The number of hydrogen-bond donors (Lipinski definition) is 8. The molecule has 0 saturated heterocycles. The quantitative estimate of drug-likeness (QED) is 0.154. The largest absolute Gasteiger partial charge is 0.508 e. The lowest BCUT2D eigenvalue weighted by Crippen LogP contribution is -2.60. The highest BCUT2D eigenvalue weighted by Gasteiger charge is 2.33. The Bertz CT molecular complexity index is 918. The van der Waals surface area contributed by atoms with Gasteiger partial charge in [-0.25, -0.2) is 4.79 Å². The molecule has 9 N–H and O–H groups in total. The number of aliphatic hydroxyl groups excluding tert-OH is 1. The highest BCUT2D eigenvalue weighted by atomic mass is 16.4. The van der Waals surface area contributed by atoms with Crippen molar-refractivity contribution in [3.8, 4) is 5.75 Å². The SMILES string of the molecule is CC(C)C(N)C(=O)NC(C(=O)NC(CC(=O)O)C(=O)NC(Cc1ccc(O)cc1)C(=O)O)C(C)O. The van der Waals surface area contributed by atoms with Crippen LogP contribution in [0.25, 0.3) is 0 Å². The number of nitrogens with two attached hydrogens (primary N) is 1. The second-order valence-electron chi connectivity index (χ2n) is 8.43. The van der Waals surface area contributed by atoms with E-state index in [2.05, 4.69) is 16.0 Å². The topological polar surface area (TPSA) is 228 Å². The van der Waals surface area contributed by atoms with Gasteiger partial charge in [0.05, 0.1) is 18.6 Å². The number of carbonyl (C=O) groups excluding carboxylic acids is 3. The van der Waals surface area contributed by atoms with Crippen molar-refractivity contribution in [2.24, 2.45) is 11.7 Å². The average molecular weight is 497 g/mol. The van der Waals surface area contributed by atoms with Crippen molar-refractivity contribution in [2.45, 2.75) is 63.9 Å². The maximum absolute atomic E-state index is 12.7. The number of aromatic hydroxyl groups is 1. The zero-order valence-corrected chi connectivity index (χ0v) is 19.6. The van der Waals surface area contributed by atoms with Crippen LogP contribution in [-0.2, 0) is 30.4 Å². The van der Waals surface area contributed by atoms with Gasteiger partial charge in [0.2, 0.25) is 17.7 Å². The summed E-state index contributed by atoms with van der Waals surface area (Å²) in [5, 5.41) is 44.6. The van der Waals surface area contributed by atoms with Crippen molar-refractivity contribution >= 4 is 29.7 Å². The molecule has 0 fully saturated rings. The number of phenols is 1. The van der Waals surface area contributed by atoms with Crippen molar-refractivity contribution in [3.63, 3.8) is 0 Å². The molecule has 194 valence electrons. The van der Waals surface area contributed by atoms with Crippen LogP contribution in [0.5, 0.6) is 5.75 Å². The second kappa shape index (κ2) is 13.2. The zero-order chi connectivity index (χ0) is 26.9. The van der Waals surface area contributed by atoms with Crippen molar-refractivity contribution in [2.75, 3.05) is 0 Å². The number of phenolic OH excluding ortho intramolecular Hbond substituents is 1. The fourth-order valence-corrected chi connectivity index (χ4v) is 2.94. The number of carboxylic acid groups (broad SMARTS) is 2. The third kappa shape index (κ3) is 9.59. The van der Waals surface area contributed by atoms with Gasteiger partial charge >= 0.3 is 11.9 Å². The van der Waals surface area contributed by atoms with Crippen LogP contribution in [0.1, 0.15) is 32.8 Å². The van der Waals surface area contributed by atoms with Gasteiger partial charge in [-0.3, -0.25) is 19.2 Å². The third-order valence-corrected chi connectivity index (χ3v) is 5.09. The summed E-state index contributed by atoms with van der Waals surface area (Å²) >= 11 is 0. The maximum Gasteiger partial charge on any atom is 0.326 e. The molecular weight excluding hydrogens is 464 g/mol. The summed E-state index contributed by atoms with van der Waals surface area (Å²) in [5.41, 5.74) is 6.21. The number of hydrogen-bond acceptors (Lipinski definition) is 8. The van der Waals surface area contributed by atoms with E-state index in [4.69, 9.17) is 5.73 Å². The summed E-state index contributed by atoms with van der Waals surface area (Å²) in [6.07, 6.45) is -2.50. The number of carboxylic acids is 2. The van der Waals surface area contributed by atoms with E-state index in [0.29, 0.717) is 5.56 Å². The molecule has 13 nitrogen and oxygen atoms in total. The smallest absolute Gasteiger partial charge is 0.326 e. The predicted molar refractivity (Wildman–Crippen MR) is 122 cm³/mol. The van der Waals surface area contributed by atoms with E-state index in [1.807, 2.05) is 0 Å². The predicted octanol–water partition coefficient (Wildman–Crippen LogP) is -1.69. The molecule has 3 amide bonds. The molecule has 0 aliphatic heterocycles. The minimum absolute atomic E-state index is 0.0389. The summed E-state index contributed by atoms with van der Waals surface area (Å²) in [4.78, 5) is 60.6. The zero-order valence-electron chi connectivity index (χ0n) is 19.6. The van der Waals surface area contributed by atoms with Crippen LogP contribution in [0.15, 0.2) is 24.3 Å². The van der Waals surface area contributed by atoms with Crippen molar-refractivity contribution in [1.29, 1.82) is 0 Å². The first-order chi connectivity index (χ1) is 16.2. The molecule has 0 aliphatic carbocycles. The van der Waals surface area contributed by atoms with Crippen LogP contribution < -0.4 is 21.7 Å². The molecule has 0 aromatic heterocycles. The van der Waals surface area contributed by atoms with Crippen LogP contribution in [0.2, 0.25) is 0 Å². The summed E-state index contributed by atoms with van der Waals surface area (Å²) < 4.78 is 0. The molecule has 5 unspecified atom stereocenters. The molecule has 0 aliphatic rings. The van der Waals surface area contributed by atoms with Crippen LogP contribution in [0, 0.1) is 5.92 Å². The number of benzene rings is 1. The van der Waals surface area contributed by atoms with Crippen LogP contribution in [0.3, 0.4) is 0 Å². The first kappa shape index (κ1) is 29.3. The van der Waals surface area contributed by atoms with E-state index < -0.39 is 66.4 Å². The normalized spacial score (nSPS) is 15.3. The van der Waals surface area contributed by atoms with Gasteiger partial charge in [-0.15, -0.1) is 0 Å². The Balaban J connectivity index is 3.01. The molecule has 1 rings (SSSR count). The molecule has 0 heterocycles. The summed E-state index contributed by atoms with van der Waals surface area (Å²) in [7, 11) is 0. The standard InChI is InChI=1S/C22H32N4O9/c1-10(2)17(23)20(32)26-18(11(3)27)21(33)24-14(9-16(29)30)19(31)25-15(22(34)35)8-12-4-6-13(28)7-5-12/h4-7,10-11,14-15,17-18,27-28H,8-9,23H2,1-3H3,(H,24,33)(H,25,31)(H,26,32)(H,29,30)(H,34,35). The molecule has 35 heavy (non-hydrogen) atoms. The number of aliphatic hydroxyl groups is 1. The lowest BCUT2D eigenvalue weighted by atomic mass is 10.0. The number of amides is 3. The van der Waals surface area contributed by atoms with E-state index in [0.717, 1.165) is 0 Å². The Morgan fingerprint density at radius 1 is 0.857 bits per heavy atom. The summed E-state index contributed by atoms with van der Waals surface area (Å²) in [5.74, 6) is -6.08. The van der Waals surface area contributed by atoms with Gasteiger partial charge in [-0.2, -0.15) is 0 Å². The van der Waals surface area contributed by atoms with E-state index in [1.165, 1.54) is 31.2 Å². The molecule has 0 radical (unpaired) electrons. The number of nitrogens with one attached hydrogen (secondary N) is 3. The Morgan fingerprint density at radius 2 is 1.40 bits per heavy atom. The van der Waals surface area contributed by atoms with Gasteiger partial charge < -0.3 is 42.1 Å². The molecule has 13 heteroatoms. The molecule has 5 atom stereocenters. The van der Waals surface area contributed by atoms with E-state index in [9.17, 15) is 44.4 Å². The Morgan fingerprint density at radius 3 is 1.86 bits per heavy atom. The minimum Gasteiger partial charge on any atom is -0.508 e. The first-order valence-corrected chi connectivity index (χ1v) is 10.8. The first-order valence-electron chi connectivity index (χ1n) is 10.8. The molecule has 1 aromatic carbocycles. The lowest BCUT2D eigenvalue weighted by Gasteiger charge is -2.26. The van der Waals surface area contributed by atoms with Crippen molar-refractivity contribution in [3.05, 3.63) is 29.8 Å². The fraction of sp³-hybridized carbons (Fsp3) is 0.500. The Hall–Kier alpha value is -3.71. The minimum atomic E-state index is -1.71. The van der Waals surface area contributed by atoms with Gasteiger partial charge in [-0.1, -0.05) is 26.0 Å². The van der Waals surface area contributed by atoms with Gasteiger partial charge in [0, 0.05) is 6.42 Å². The molecule has 1 aromatic rings. The Kier molecular flexibility index (Phi) is 11.1. The van der Waals surface area contributed by atoms with Crippen molar-refractivity contribution < 1.29 is 44.4 Å². The van der Waals surface area contributed by atoms with Crippen LogP contribution >= 0.6 is 0 Å². The molecule has 0 bridgehead atoms. The molecule has 0 saturated carbocycles. The Labute approximate surface area is 201 Å². The average Bonchev–Trinajstić information content (AvgIpc) is 2.76. The van der Waals surface area contributed by atoms with Gasteiger partial charge in [0.25, 0.3) is 0 Å². The third-order valence-electron chi connectivity index (χ3n) is 5.09.